The van der Waals surface area contributed by atoms with Gasteiger partial charge in [-0.1, -0.05) is 17.7 Å². The predicted octanol–water partition coefficient (Wildman–Crippen LogP) is 4.87. The second-order valence-electron chi connectivity index (χ2n) is 4.22. The summed E-state index contributed by atoms with van der Waals surface area (Å²) in [5.41, 5.74) is 0.0421. The third kappa shape index (κ3) is 3.29. The van der Waals surface area contributed by atoms with Gasteiger partial charge in [0, 0.05) is 26.7 Å². The van der Waals surface area contributed by atoms with Gasteiger partial charge in [0.05, 0.1) is 6.07 Å². The highest BCUT2D eigenvalue weighted by Gasteiger charge is 2.26. The normalized spacial score (nSPS) is 11.8. The maximum Gasteiger partial charge on any atom is 0.185 e. The number of benzene rings is 2. The topological polar surface area (TPSA) is 40.9 Å². The molecule has 106 valence electrons. The van der Waals surface area contributed by atoms with E-state index < -0.39 is 23.3 Å². The second kappa shape index (κ2) is 6.33. The first-order valence-electron chi connectivity index (χ1n) is 5.78. The molecule has 1 atom stereocenters. The first kappa shape index (κ1) is 15.6. The minimum Gasteiger partial charge on any atom is -0.292 e. The van der Waals surface area contributed by atoms with Gasteiger partial charge in [-0.2, -0.15) is 5.26 Å². The number of halogens is 4. The van der Waals surface area contributed by atoms with Gasteiger partial charge in [-0.25, -0.2) is 8.78 Å². The van der Waals surface area contributed by atoms with E-state index in [1.807, 2.05) is 0 Å². The van der Waals surface area contributed by atoms with Gasteiger partial charge >= 0.3 is 0 Å². The number of hydrogen-bond donors (Lipinski definition) is 0. The molecule has 1 unspecified atom stereocenters. The van der Waals surface area contributed by atoms with Crippen molar-refractivity contribution < 1.29 is 13.6 Å². The lowest BCUT2D eigenvalue weighted by molar-refractivity contribution is 0.0976. The molecule has 0 N–H and O–H groups in total. The SMILES string of the molecule is N#CC(C(=O)c1ccc(Cl)cc1Br)c1ccc(F)cc1F. The van der Waals surface area contributed by atoms with Gasteiger partial charge in [0.1, 0.15) is 17.6 Å². The fourth-order valence-electron chi connectivity index (χ4n) is 1.85. The van der Waals surface area contributed by atoms with Crippen LogP contribution in [0.1, 0.15) is 21.8 Å². The van der Waals surface area contributed by atoms with E-state index in [1.165, 1.54) is 18.2 Å². The highest BCUT2D eigenvalue weighted by atomic mass is 79.9. The number of carbonyl (C=O) groups is 1. The molecule has 21 heavy (non-hydrogen) atoms. The van der Waals surface area contributed by atoms with Crippen molar-refractivity contribution in [3.63, 3.8) is 0 Å². The van der Waals surface area contributed by atoms with Crippen LogP contribution in [0.15, 0.2) is 40.9 Å². The van der Waals surface area contributed by atoms with Crippen LogP contribution in [0, 0.1) is 23.0 Å². The molecule has 0 aliphatic heterocycles. The number of ketones is 1. The Morgan fingerprint density at radius 2 is 1.95 bits per heavy atom. The molecule has 6 heteroatoms. The summed E-state index contributed by atoms with van der Waals surface area (Å²) in [5.74, 6) is -3.65. The zero-order valence-corrected chi connectivity index (χ0v) is 12.8. The van der Waals surface area contributed by atoms with Crippen molar-refractivity contribution in [3.05, 3.63) is 68.7 Å². The Hall–Kier alpha value is -1.77. The van der Waals surface area contributed by atoms with E-state index in [0.717, 1.165) is 12.1 Å². The van der Waals surface area contributed by atoms with Crippen LogP contribution in [0.4, 0.5) is 8.78 Å². The van der Waals surface area contributed by atoms with Crippen LogP contribution < -0.4 is 0 Å². The third-order valence-electron chi connectivity index (χ3n) is 2.86. The molecule has 0 saturated carbocycles. The van der Waals surface area contributed by atoms with Crippen LogP contribution in [0.5, 0.6) is 0 Å². The molecule has 2 aromatic rings. The molecule has 0 bridgehead atoms. The summed E-state index contributed by atoms with van der Waals surface area (Å²) in [6.45, 7) is 0. The van der Waals surface area contributed by atoms with Crippen LogP contribution in [0.25, 0.3) is 0 Å². The number of nitriles is 1. The number of hydrogen-bond acceptors (Lipinski definition) is 2. The Kier molecular flexibility index (Phi) is 4.71. The van der Waals surface area contributed by atoms with Gasteiger partial charge in [-0.15, -0.1) is 0 Å². The van der Waals surface area contributed by atoms with Gasteiger partial charge in [0.25, 0.3) is 0 Å². The molecule has 0 amide bonds. The quantitative estimate of drug-likeness (QED) is 0.723. The molecule has 0 aliphatic rings. The van der Waals surface area contributed by atoms with Gasteiger partial charge in [-0.05, 0) is 40.2 Å². The van der Waals surface area contributed by atoms with E-state index in [4.69, 9.17) is 11.6 Å². The predicted molar refractivity (Wildman–Crippen MR) is 78.2 cm³/mol. The van der Waals surface area contributed by atoms with Crippen molar-refractivity contribution in [1.82, 2.24) is 0 Å². The van der Waals surface area contributed by atoms with Crippen molar-refractivity contribution in [1.29, 1.82) is 5.26 Å². The van der Waals surface area contributed by atoms with Gasteiger partial charge in [0.15, 0.2) is 5.78 Å². The second-order valence-corrected chi connectivity index (χ2v) is 5.51. The van der Waals surface area contributed by atoms with Crippen molar-refractivity contribution in [3.8, 4) is 6.07 Å². The van der Waals surface area contributed by atoms with Crippen LogP contribution in [-0.4, -0.2) is 5.78 Å². The van der Waals surface area contributed by atoms with Crippen LogP contribution >= 0.6 is 27.5 Å². The number of rotatable bonds is 3. The van der Waals surface area contributed by atoms with Crippen molar-refractivity contribution in [2.24, 2.45) is 0 Å². The largest absolute Gasteiger partial charge is 0.292 e. The zero-order valence-electron chi connectivity index (χ0n) is 10.4. The molecular formula is C15H7BrClF2NO. The smallest absolute Gasteiger partial charge is 0.185 e. The van der Waals surface area contributed by atoms with Gasteiger partial charge < -0.3 is 0 Å². The molecule has 0 aromatic heterocycles. The lowest BCUT2D eigenvalue weighted by Crippen LogP contribution is -2.13. The maximum atomic E-state index is 13.8. The molecule has 0 radical (unpaired) electrons. The molecule has 0 saturated heterocycles. The maximum absolute atomic E-state index is 13.8. The minimum absolute atomic E-state index is 0.161. The summed E-state index contributed by atoms with van der Waals surface area (Å²) in [4.78, 5) is 12.4. The summed E-state index contributed by atoms with van der Waals surface area (Å²) in [5, 5.41) is 9.59. The average molecular weight is 371 g/mol. The number of carbonyl (C=O) groups excluding carboxylic acids is 1. The summed E-state index contributed by atoms with van der Waals surface area (Å²) >= 11 is 8.97. The fourth-order valence-corrected chi connectivity index (χ4v) is 2.73. The lowest BCUT2D eigenvalue weighted by atomic mass is 9.91. The first-order valence-corrected chi connectivity index (χ1v) is 6.95. The van der Waals surface area contributed by atoms with E-state index in [0.29, 0.717) is 15.6 Å². The Labute approximate surface area is 133 Å². The number of nitrogens with zero attached hydrogens (tertiary/aromatic N) is 1. The first-order chi connectivity index (χ1) is 9.93. The van der Waals surface area contributed by atoms with Crippen molar-refractivity contribution in [2.45, 2.75) is 5.92 Å². The van der Waals surface area contributed by atoms with E-state index >= 15 is 0 Å². The van der Waals surface area contributed by atoms with Gasteiger partial charge in [0.2, 0.25) is 0 Å². The fraction of sp³-hybridized carbons (Fsp3) is 0.0667. The Balaban J connectivity index is 2.46. The van der Waals surface area contributed by atoms with Crippen molar-refractivity contribution >= 4 is 33.3 Å². The van der Waals surface area contributed by atoms with Crippen LogP contribution in [0.3, 0.4) is 0 Å². The van der Waals surface area contributed by atoms with E-state index in [-0.39, 0.29) is 11.1 Å². The highest BCUT2D eigenvalue weighted by molar-refractivity contribution is 9.10. The Morgan fingerprint density at radius 1 is 1.24 bits per heavy atom. The van der Waals surface area contributed by atoms with E-state index in [1.54, 1.807) is 6.07 Å². The minimum atomic E-state index is -1.36. The third-order valence-corrected chi connectivity index (χ3v) is 3.75. The molecule has 2 aromatic carbocycles. The van der Waals surface area contributed by atoms with Crippen LogP contribution in [-0.2, 0) is 0 Å². The lowest BCUT2D eigenvalue weighted by Gasteiger charge is -2.11. The summed E-state index contributed by atoms with van der Waals surface area (Å²) in [6, 6.07) is 8.94. The number of Topliss-reactive ketones (excluding diaryl/α,β-unsaturated/α-hetero) is 1. The molecule has 0 fully saturated rings. The van der Waals surface area contributed by atoms with E-state index in [9.17, 15) is 18.8 Å². The highest BCUT2D eigenvalue weighted by Crippen LogP contribution is 2.29. The molecule has 0 heterocycles. The monoisotopic (exact) mass is 369 g/mol. The Bertz CT molecular complexity index is 758. The summed E-state index contributed by atoms with van der Waals surface area (Å²) in [6.07, 6.45) is 0. The molecule has 0 aliphatic carbocycles. The molecule has 0 spiro atoms. The standard InChI is InChI=1S/C15H7BrClF2NO/c16-13-5-8(17)1-3-11(13)15(21)12(7-20)10-4-2-9(18)6-14(10)19/h1-6,12H. The molecule has 2 rings (SSSR count). The van der Waals surface area contributed by atoms with Gasteiger partial charge in [-0.3, -0.25) is 4.79 Å². The average Bonchev–Trinajstić information content (AvgIpc) is 2.41. The summed E-state index contributed by atoms with van der Waals surface area (Å²) < 4.78 is 27.1. The van der Waals surface area contributed by atoms with Crippen LogP contribution in [0.2, 0.25) is 5.02 Å². The molecule has 2 nitrogen and oxygen atoms in total. The summed E-state index contributed by atoms with van der Waals surface area (Å²) in [7, 11) is 0. The molecular weight excluding hydrogens is 364 g/mol. The van der Waals surface area contributed by atoms with E-state index in [2.05, 4.69) is 15.9 Å². The zero-order chi connectivity index (χ0) is 15.6. The Morgan fingerprint density at radius 3 is 2.52 bits per heavy atom. The van der Waals surface area contributed by atoms with Crippen molar-refractivity contribution in [2.75, 3.05) is 0 Å².